The molecule has 1 heterocycles. The lowest BCUT2D eigenvalue weighted by atomic mass is 10.1. The van der Waals surface area contributed by atoms with Crippen LogP contribution in [0.1, 0.15) is 15.2 Å². The smallest absolute Gasteiger partial charge is 0.336 e. The van der Waals surface area contributed by atoms with Crippen molar-refractivity contribution >= 4 is 50.3 Å². The van der Waals surface area contributed by atoms with Gasteiger partial charge in [0.05, 0.1) is 16.2 Å². The van der Waals surface area contributed by atoms with E-state index in [-0.39, 0.29) is 25.4 Å². The summed E-state index contributed by atoms with van der Waals surface area (Å²) in [5.74, 6) is -1.61. The van der Waals surface area contributed by atoms with Crippen molar-refractivity contribution in [2.24, 2.45) is 0 Å². The first-order valence-electron chi connectivity index (χ1n) is 7.36. The molecule has 0 bridgehead atoms. The van der Waals surface area contributed by atoms with Crippen molar-refractivity contribution in [2.45, 2.75) is 10.6 Å². The van der Waals surface area contributed by atoms with Crippen LogP contribution in [0.5, 0.6) is 0 Å². The molecule has 0 fully saturated rings. The first-order chi connectivity index (χ1) is 12.3. The van der Waals surface area contributed by atoms with Crippen molar-refractivity contribution in [1.29, 1.82) is 0 Å². The molecule has 0 aliphatic rings. The maximum Gasteiger partial charge on any atom is 0.336 e. The van der Waals surface area contributed by atoms with E-state index in [1.807, 2.05) is 30.3 Å². The van der Waals surface area contributed by atoms with Crippen LogP contribution in [-0.2, 0) is 15.6 Å². The second-order valence-electron chi connectivity index (χ2n) is 5.48. The largest absolute Gasteiger partial charge is 0.478 e. The molecule has 2 aromatic carbocycles. The fourth-order valence-corrected chi connectivity index (χ4v) is 6.01. The minimum absolute atomic E-state index is 0.0226. The number of carbonyl (C=O) groups is 1. The Morgan fingerprint density at radius 2 is 1.62 bits per heavy atom. The number of sulfone groups is 1. The molecule has 0 aliphatic heterocycles. The monoisotopic (exact) mass is 426 g/mol. The maximum absolute atomic E-state index is 12.7. The van der Waals surface area contributed by atoms with Gasteiger partial charge in [0, 0.05) is 19.8 Å². The zero-order valence-corrected chi connectivity index (χ0v) is 16.3. The molecule has 0 atom stereocenters. The summed E-state index contributed by atoms with van der Waals surface area (Å²) in [4.78, 5) is 12.5. The van der Waals surface area contributed by atoms with Crippen molar-refractivity contribution in [3.63, 3.8) is 0 Å². The van der Waals surface area contributed by atoms with Gasteiger partial charge in [0.25, 0.3) is 0 Å². The number of aromatic carboxylic acids is 1. The van der Waals surface area contributed by atoms with E-state index in [0.717, 1.165) is 16.9 Å². The first-order valence-corrected chi connectivity index (χ1v) is 10.6. The average Bonchev–Trinajstić information content (AvgIpc) is 2.98. The van der Waals surface area contributed by atoms with Gasteiger partial charge < -0.3 is 5.11 Å². The zero-order chi connectivity index (χ0) is 18.9. The maximum atomic E-state index is 12.7. The van der Waals surface area contributed by atoms with Gasteiger partial charge in [-0.05, 0) is 29.8 Å². The molecular weight excluding hydrogens is 415 g/mol. The van der Waals surface area contributed by atoms with Crippen LogP contribution in [0, 0.1) is 0 Å². The minimum Gasteiger partial charge on any atom is -0.478 e. The Morgan fingerprint density at radius 3 is 2.19 bits per heavy atom. The molecule has 0 saturated carbocycles. The Bertz CT molecular complexity index is 1050. The normalized spacial score (nSPS) is 11.5. The van der Waals surface area contributed by atoms with Crippen molar-refractivity contribution in [1.82, 2.24) is 0 Å². The van der Waals surface area contributed by atoms with Crippen LogP contribution in [0.2, 0.25) is 10.0 Å². The highest BCUT2D eigenvalue weighted by Gasteiger charge is 2.23. The lowest BCUT2D eigenvalue weighted by Crippen LogP contribution is -2.07. The second kappa shape index (κ2) is 7.40. The lowest BCUT2D eigenvalue weighted by Gasteiger charge is -2.05. The third-order valence-electron chi connectivity index (χ3n) is 3.61. The van der Waals surface area contributed by atoms with Crippen molar-refractivity contribution in [3.8, 4) is 10.4 Å². The average molecular weight is 427 g/mol. The van der Waals surface area contributed by atoms with Crippen LogP contribution >= 0.6 is 34.5 Å². The molecule has 26 heavy (non-hydrogen) atoms. The van der Waals surface area contributed by atoms with Gasteiger partial charge in [-0.2, -0.15) is 0 Å². The van der Waals surface area contributed by atoms with Crippen LogP contribution in [0.3, 0.4) is 0 Å². The predicted octanol–water partition coefficient (Wildman–Crippen LogP) is 5.39. The number of hydrogen-bond acceptors (Lipinski definition) is 4. The highest BCUT2D eigenvalue weighted by Crippen LogP contribution is 2.34. The van der Waals surface area contributed by atoms with Gasteiger partial charge in [0.15, 0.2) is 9.84 Å². The summed E-state index contributed by atoms with van der Waals surface area (Å²) >= 11 is 12.9. The van der Waals surface area contributed by atoms with Crippen molar-refractivity contribution in [2.75, 3.05) is 0 Å². The third-order valence-corrected chi connectivity index (χ3v) is 7.04. The van der Waals surface area contributed by atoms with Gasteiger partial charge in [0.2, 0.25) is 0 Å². The number of hydrogen-bond donors (Lipinski definition) is 1. The number of halogens is 2. The van der Waals surface area contributed by atoms with E-state index in [1.165, 1.54) is 24.3 Å². The zero-order valence-electron chi connectivity index (χ0n) is 13.1. The molecule has 0 aliphatic carbocycles. The third kappa shape index (κ3) is 4.10. The Morgan fingerprint density at radius 1 is 1.00 bits per heavy atom. The minimum atomic E-state index is -3.81. The highest BCUT2D eigenvalue weighted by atomic mass is 35.5. The fraction of sp³-hybridized carbons (Fsp3) is 0.0556. The van der Waals surface area contributed by atoms with E-state index in [1.54, 1.807) is 0 Å². The Kier molecular flexibility index (Phi) is 5.39. The summed E-state index contributed by atoms with van der Waals surface area (Å²) in [6.45, 7) is 0. The molecule has 0 saturated heterocycles. The van der Waals surface area contributed by atoms with Crippen molar-refractivity contribution < 1.29 is 18.3 Å². The van der Waals surface area contributed by atoms with Gasteiger partial charge in [-0.3, -0.25) is 0 Å². The summed E-state index contributed by atoms with van der Waals surface area (Å²) in [5.41, 5.74) is 0.806. The second-order valence-corrected chi connectivity index (χ2v) is 9.48. The van der Waals surface area contributed by atoms with Crippen LogP contribution in [0.4, 0.5) is 0 Å². The standard InChI is InChI=1S/C18H12Cl2O4S2/c19-12-6-13(20)8-14(7-12)26(23,24)10-17-15(18(21)22)9-16(25-17)11-4-2-1-3-5-11/h1-9H,10H2,(H,21,22). The van der Waals surface area contributed by atoms with Crippen LogP contribution < -0.4 is 0 Å². The van der Waals surface area contributed by atoms with Gasteiger partial charge in [0.1, 0.15) is 0 Å². The van der Waals surface area contributed by atoms with Crippen LogP contribution in [0.25, 0.3) is 10.4 Å². The number of thiophene rings is 1. The molecule has 1 aromatic heterocycles. The molecule has 1 N–H and O–H groups in total. The molecule has 0 amide bonds. The van der Waals surface area contributed by atoms with Crippen molar-refractivity contribution in [3.05, 3.63) is 75.1 Å². The Balaban J connectivity index is 2.03. The molecular formula is C18H12Cl2O4S2. The Labute approximate surface area is 164 Å². The molecule has 0 spiro atoms. The van der Waals surface area contributed by atoms with E-state index in [0.29, 0.717) is 4.88 Å². The summed E-state index contributed by atoms with van der Waals surface area (Å²) in [6, 6.07) is 14.7. The first kappa shape index (κ1) is 18.9. The van der Waals surface area contributed by atoms with Gasteiger partial charge >= 0.3 is 5.97 Å². The summed E-state index contributed by atoms with van der Waals surface area (Å²) in [5, 5.41) is 9.85. The molecule has 3 rings (SSSR count). The molecule has 8 heteroatoms. The molecule has 0 radical (unpaired) electrons. The quantitative estimate of drug-likeness (QED) is 0.592. The molecule has 134 valence electrons. The summed E-state index contributed by atoms with van der Waals surface area (Å²) in [6.07, 6.45) is 0. The van der Waals surface area contributed by atoms with Gasteiger partial charge in [-0.25, -0.2) is 13.2 Å². The number of rotatable bonds is 5. The Hall–Kier alpha value is -1.86. The van der Waals surface area contributed by atoms with E-state index in [4.69, 9.17) is 23.2 Å². The number of carboxylic acid groups (broad SMARTS) is 1. The fourth-order valence-electron chi connectivity index (χ4n) is 2.43. The van der Waals surface area contributed by atoms with Crippen LogP contribution in [-0.4, -0.2) is 19.5 Å². The topological polar surface area (TPSA) is 71.4 Å². The predicted molar refractivity (Wildman–Crippen MR) is 104 cm³/mol. The van der Waals surface area contributed by atoms with E-state index >= 15 is 0 Å². The summed E-state index contributed by atoms with van der Waals surface area (Å²) < 4.78 is 25.4. The molecule has 0 unspecified atom stereocenters. The van der Waals surface area contributed by atoms with Gasteiger partial charge in [-0.15, -0.1) is 11.3 Å². The lowest BCUT2D eigenvalue weighted by molar-refractivity contribution is 0.0696. The van der Waals surface area contributed by atoms with Gasteiger partial charge in [-0.1, -0.05) is 53.5 Å². The highest BCUT2D eigenvalue weighted by molar-refractivity contribution is 7.90. The molecule has 4 nitrogen and oxygen atoms in total. The molecule has 3 aromatic rings. The SMILES string of the molecule is O=C(O)c1cc(-c2ccccc2)sc1CS(=O)(=O)c1cc(Cl)cc(Cl)c1. The summed E-state index contributed by atoms with van der Waals surface area (Å²) in [7, 11) is -3.81. The van der Waals surface area contributed by atoms with Crippen LogP contribution in [0.15, 0.2) is 59.5 Å². The van der Waals surface area contributed by atoms with E-state index in [2.05, 4.69) is 0 Å². The van der Waals surface area contributed by atoms with E-state index < -0.39 is 21.6 Å². The van der Waals surface area contributed by atoms with E-state index in [9.17, 15) is 18.3 Å². The number of carboxylic acids is 1. The number of benzene rings is 2.